The zero-order valence-corrected chi connectivity index (χ0v) is 6.82. The van der Waals surface area contributed by atoms with E-state index in [1.54, 1.807) is 0 Å². The number of rotatable bonds is 3. The molecule has 0 radical (unpaired) electrons. The number of aromatic nitrogens is 2. The van der Waals surface area contributed by atoms with Gasteiger partial charge in [-0.05, 0) is 5.92 Å². The number of hydrogen-bond donors (Lipinski definition) is 1. The van der Waals surface area contributed by atoms with Gasteiger partial charge in [0.25, 0.3) is 0 Å². The normalized spacial score (nSPS) is 16.3. The zero-order chi connectivity index (χ0) is 8.27. The van der Waals surface area contributed by atoms with Crippen molar-refractivity contribution in [3.8, 4) is 0 Å². The molecule has 2 atom stereocenters. The van der Waals surface area contributed by atoms with Crippen LogP contribution in [0, 0.1) is 5.92 Å². The molecule has 1 aromatic heterocycles. The first-order chi connectivity index (χ1) is 5.25. The average Bonchev–Trinajstić information content (AvgIpc) is 2.53. The van der Waals surface area contributed by atoms with Crippen LogP contribution in [0.4, 0.5) is 0 Å². The van der Waals surface area contributed by atoms with E-state index in [2.05, 4.69) is 24.0 Å². The lowest BCUT2D eigenvalue weighted by Gasteiger charge is -2.12. The predicted molar refractivity (Wildman–Crippen MR) is 40.7 cm³/mol. The standard InChI is InChI=1S/C7H13N3O/c1-3-5(2)6(8)7-9-4-10-11-7/h4-6H,3,8H2,1-2H3/t5-,6-/m0/s1. The van der Waals surface area contributed by atoms with Crippen molar-refractivity contribution in [1.82, 2.24) is 10.1 Å². The van der Waals surface area contributed by atoms with Crippen molar-refractivity contribution in [2.45, 2.75) is 26.3 Å². The highest BCUT2D eigenvalue weighted by molar-refractivity contribution is 4.87. The molecule has 0 saturated heterocycles. The van der Waals surface area contributed by atoms with Crippen LogP contribution in [0.15, 0.2) is 10.9 Å². The summed E-state index contributed by atoms with van der Waals surface area (Å²) in [7, 11) is 0. The van der Waals surface area contributed by atoms with Gasteiger partial charge in [0.1, 0.15) is 0 Å². The van der Waals surface area contributed by atoms with Crippen molar-refractivity contribution in [1.29, 1.82) is 0 Å². The molecule has 0 fully saturated rings. The second-order valence-electron chi connectivity index (χ2n) is 2.69. The first kappa shape index (κ1) is 8.20. The molecule has 0 amide bonds. The molecule has 62 valence electrons. The third-order valence-electron chi connectivity index (χ3n) is 1.92. The Bertz CT molecular complexity index is 197. The Morgan fingerprint density at radius 2 is 2.45 bits per heavy atom. The van der Waals surface area contributed by atoms with Gasteiger partial charge in [0.05, 0.1) is 6.04 Å². The quantitative estimate of drug-likeness (QED) is 0.710. The minimum atomic E-state index is -0.123. The molecule has 0 spiro atoms. The van der Waals surface area contributed by atoms with Gasteiger partial charge in [-0.15, -0.1) is 0 Å². The van der Waals surface area contributed by atoms with Crippen LogP contribution in [-0.2, 0) is 0 Å². The van der Waals surface area contributed by atoms with Crippen molar-refractivity contribution in [3.05, 3.63) is 12.2 Å². The lowest BCUT2D eigenvalue weighted by molar-refractivity contribution is 0.312. The van der Waals surface area contributed by atoms with Gasteiger partial charge in [-0.2, -0.15) is 4.98 Å². The van der Waals surface area contributed by atoms with E-state index in [1.165, 1.54) is 6.33 Å². The first-order valence-electron chi connectivity index (χ1n) is 3.77. The summed E-state index contributed by atoms with van der Waals surface area (Å²) < 4.78 is 4.83. The molecule has 0 aliphatic rings. The van der Waals surface area contributed by atoms with Crippen molar-refractivity contribution in [2.24, 2.45) is 11.7 Å². The Balaban J connectivity index is 2.62. The maximum Gasteiger partial charge on any atom is 0.243 e. The predicted octanol–water partition coefficient (Wildman–Crippen LogP) is 1.12. The molecule has 11 heavy (non-hydrogen) atoms. The molecule has 1 rings (SSSR count). The van der Waals surface area contributed by atoms with Crippen LogP contribution in [0.1, 0.15) is 32.2 Å². The van der Waals surface area contributed by atoms with Crippen molar-refractivity contribution < 1.29 is 4.52 Å². The SMILES string of the molecule is CC[C@H](C)[C@H](N)c1ncno1. The van der Waals surface area contributed by atoms with Crippen LogP contribution in [-0.4, -0.2) is 10.1 Å². The lowest BCUT2D eigenvalue weighted by Crippen LogP contribution is -2.18. The van der Waals surface area contributed by atoms with E-state index in [4.69, 9.17) is 10.3 Å². The average molecular weight is 155 g/mol. The van der Waals surface area contributed by atoms with E-state index in [1.807, 2.05) is 0 Å². The lowest BCUT2D eigenvalue weighted by atomic mass is 10.0. The van der Waals surface area contributed by atoms with E-state index in [0.717, 1.165) is 6.42 Å². The molecule has 0 bridgehead atoms. The zero-order valence-electron chi connectivity index (χ0n) is 6.82. The number of nitrogens with zero attached hydrogens (tertiary/aromatic N) is 2. The fourth-order valence-corrected chi connectivity index (χ4v) is 0.826. The molecule has 0 saturated carbocycles. The van der Waals surface area contributed by atoms with Crippen molar-refractivity contribution in [3.63, 3.8) is 0 Å². The van der Waals surface area contributed by atoms with Gasteiger partial charge in [-0.3, -0.25) is 0 Å². The molecule has 0 aliphatic carbocycles. The van der Waals surface area contributed by atoms with Crippen LogP contribution in [0.5, 0.6) is 0 Å². The van der Waals surface area contributed by atoms with Gasteiger partial charge in [-0.1, -0.05) is 25.4 Å². The summed E-state index contributed by atoms with van der Waals surface area (Å²) in [5, 5.41) is 3.49. The fraction of sp³-hybridized carbons (Fsp3) is 0.714. The van der Waals surface area contributed by atoms with Gasteiger partial charge in [-0.25, -0.2) is 0 Å². The van der Waals surface area contributed by atoms with E-state index in [9.17, 15) is 0 Å². The topological polar surface area (TPSA) is 64.9 Å². The Kier molecular flexibility index (Phi) is 2.59. The van der Waals surface area contributed by atoms with E-state index in [-0.39, 0.29) is 6.04 Å². The van der Waals surface area contributed by atoms with Gasteiger partial charge in [0.15, 0.2) is 6.33 Å². The van der Waals surface area contributed by atoms with Gasteiger partial charge < -0.3 is 10.3 Å². The summed E-state index contributed by atoms with van der Waals surface area (Å²) in [6.07, 6.45) is 2.39. The molecule has 0 unspecified atom stereocenters. The van der Waals surface area contributed by atoms with Gasteiger partial charge in [0, 0.05) is 0 Å². The largest absolute Gasteiger partial charge is 0.338 e. The number of nitrogens with two attached hydrogens (primary N) is 1. The van der Waals surface area contributed by atoms with Gasteiger partial charge in [0.2, 0.25) is 5.89 Å². The Hall–Kier alpha value is -0.900. The van der Waals surface area contributed by atoms with Gasteiger partial charge >= 0.3 is 0 Å². The maximum absolute atomic E-state index is 5.80. The van der Waals surface area contributed by atoms with Crippen LogP contribution in [0.3, 0.4) is 0 Å². The molecule has 1 heterocycles. The van der Waals surface area contributed by atoms with E-state index in [0.29, 0.717) is 11.8 Å². The minimum Gasteiger partial charge on any atom is -0.338 e. The van der Waals surface area contributed by atoms with Crippen LogP contribution >= 0.6 is 0 Å². The van der Waals surface area contributed by atoms with Crippen molar-refractivity contribution in [2.75, 3.05) is 0 Å². The maximum atomic E-state index is 5.80. The summed E-state index contributed by atoms with van der Waals surface area (Å²) in [4.78, 5) is 3.88. The van der Waals surface area contributed by atoms with Crippen LogP contribution < -0.4 is 5.73 Å². The van der Waals surface area contributed by atoms with Crippen LogP contribution in [0.2, 0.25) is 0 Å². The highest BCUT2D eigenvalue weighted by atomic mass is 16.5. The van der Waals surface area contributed by atoms with Crippen LogP contribution in [0.25, 0.3) is 0 Å². The molecular formula is C7H13N3O. The summed E-state index contributed by atoms with van der Waals surface area (Å²) in [5.41, 5.74) is 5.80. The molecule has 1 aromatic rings. The molecule has 2 N–H and O–H groups in total. The number of hydrogen-bond acceptors (Lipinski definition) is 4. The molecular weight excluding hydrogens is 142 g/mol. The highest BCUT2D eigenvalue weighted by Crippen LogP contribution is 2.18. The summed E-state index contributed by atoms with van der Waals surface area (Å²) in [6, 6.07) is -0.123. The van der Waals surface area contributed by atoms with Crippen molar-refractivity contribution >= 4 is 0 Å². The van der Waals surface area contributed by atoms with E-state index < -0.39 is 0 Å². The second-order valence-corrected chi connectivity index (χ2v) is 2.69. The Labute approximate surface area is 65.8 Å². The fourth-order valence-electron chi connectivity index (χ4n) is 0.826. The molecule has 4 nitrogen and oxygen atoms in total. The highest BCUT2D eigenvalue weighted by Gasteiger charge is 2.17. The Morgan fingerprint density at radius 1 is 1.73 bits per heavy atom. The summed E-state index contributed by atoms with van der Waals surface area (Å²) in [5.74, 6) is 0.912. The third kappa shape index (κ3) is 1.77. The smallest absolute Gasteiger partial charge is 0.243 e. The monoisotopic (exact) mass is 155 g/mol. The third-order valence-corrected chi connectivity index (χ3v) is 1.92. The Morgan fingerprint density at radius 3 is 2.91 bits per heavy atom. The molecule has 0 aliphatic heterocycles. The minimum absolute atomic E-state index is 0.123. The first-order valence-corrected chi connectivity index (χ1v) is 3.77. The molecule has 0 aromatic carbocycles. The van der Waals surface area contributed by atoms with E-state index >= 15 is 0 Å². The summed E-state index contributed by atoms with van der Waals surface area (Å²) in [6.45, 7) is 4.15. The summed E-state index contributed by atoms with van der Waals surface area (Å²) >= 11 is 0. The second kappa shape index (κ2) is 3.48. The molecule has 4 heteroatoms.